The van der Waals surface area contributed by atoms with Gasteiger partial charge >= 0.3 is 0 Å². The maximum atomic E-state index is 2.55. The molecule has 2 saturated heterocycles. The van der Waals surface area contributed by atoms with Crippen molar-refractivity contribution in [1.29, 1.82) is 0 Å². The van der Waals surface area contributed by atoms with Crippen molar-refractivity contribution in [2.45, 2.75) is 50.7 Å². The molecule has 2 aliphatic heterocycles. The van der Waals surface area contributed by atoms with Gasteiger partial charge in [-0.15, -0.1) is 0 Å². The van der Waals surface area contributed by atoms with E-state index in [0.29, 0.717) is 10.6 Å². The van der Waals surface area contributed by atoms with Crippen LogP contribution in [0.1, 0.15) is 40.0 Å². The molecule has 4 unspecified atom stereocenters. The zero-order valence-electron chi connectivity index (χ0n) is 10.2. The minimum Gasteiger partial charge on any atom is -0.0806 e. The molecule has 0 N–H and O–H groups in total. The molecule has 1 saturated carbocycles. The molecule has 2 bridgehead atoms. The average Bonchev–Trinajstić information content (AvgIpc) is 2.29. The highest BCUT2D eigenvalue weighted by Gasteiger charge is 2.56. The maximum absolute atomic E-state index is 2.55. The third kappa shape index (κ3) is 1.35. The molecule has 4 atom stereocenters. The molecule has 0 amide bonds. The molecule has 2 heterocycles. The highest BCUT2D eigenvalue weighted by Crippen LogP contribution is 2.68. The van der Waals surface area contributed by atoms with E-state index in [4.69, 9.17) is 0 Å². The van der Waals surface area contributed by atoms with Crippen molar-refractivity contribution >= 4 is 7.28 Å². The fourth-order valence-electron chi connectivity index (χ4n) is 4.68. The van der Waals surface area contributed by atoms with Crippen molar-refractivity contribution < 1.29 is 0 Å². The number of fused-ring (bicyclic) bond motifs is 1. The number of hydrogen-bond acceptors (Lipinski definition) is 0. The molecule has 4 rings (SSSR count). The first-order chi connectivity index (χ1) is 7.01. The summed E-state index contributed by atoms with van der Waals surface area (Å²) in [6, 6.07) is 0. The monoisotopic (exact) mass is 200 g/mol. The molecule has 4 aliphatic rings. The van der Waals surface area contributed by atoms with Crippen LogP contribution in [0.4, 0.5) is 0 Å². The lowest BCUT2D eigenvalue weighted by Gasteiger charge is -2.54. The molecular weight excluding hydrogens is 179 g/mol. The summed E-state index contributed by atoms with van der Waals surface area (Å²) in [5.41, 5.74) is 1.48. The SMILES string of the molecule is CC1=CC2C(C=C1)CCC1(C)BC2(C)C1. The van der Waals surface area contributed by atoms with Crippen LogP contribution in [0.2, 0.25) is 10.6 Å². The standard InChI is InChI=1S/C14H21B/c1-10-4-5-11-6-7-13(2)9-14(3,15-13)12(11)8-10/h4-5,8,11-12,15H,6-7,9H2,1-3H3. The fraction of sp³-hybridized carbons (Fsp3) is 0.714. The Morgan fingerprint density at radius 1 is 1.40 bits per heavy atom. The lowest BCUT2D eigenvalue weighted by atomic mass is 9.23. The van der Waals surface area contributed by atoms with Crippen LogP contribution in [0, 0.1) is 11.8 Å². The Kier molecular flexibility index (Phi) is 1.83. The molecule has 2 aliphatic carbocycles. The first-order valence-corrected chi connectivity index (χ1v) is 6.38. The average molecular weight is 200 g/mol. The van der Waals surface area contributed by atoms with Gasteiger partial charge in [0.2, 0.25) is 0 Å². The van der Waals surface area contributed by atoms with E-state index in [1.807, 2.05) is 0 Å². The van der Waals surface area contributed by atoms with Gasteiger partial charge in [0, 0.05) is 0 Å². The van der Waals surface area contributed by atoms with E-state index < -0.39 is 0 Å². The van der Waals surface area contributed by atoms with Gasteiger partial charge in [0.15, 0.2) is 0 Å². The van der Waals surface area contributed by atoms with Crippen molar-refractivity contribution in [2.24, 2.45) is 11.8 Å². The first-order valence-electron chi connectivity index (χ1n) is 6.38. The predicted molar refractivity (Wildman–Crippen MR) is 67.6 cm³/mol. The normalized spacial score (nSPS) is 52.1. The van der Waals surface area contributed by atoms with Crippen molar-refractivity contribution in [3.63, 3.8) is 0 Å². The van der Waals surface area contributed by atoms with Crippen LogP contribution in [0.3, 0.4) is 0 Å². The van der Waals surface area contributed by atoms with E-state index in [-0.39, 0.29) is 0 Å². The quantitative estimate of drug-likeness (QED) is 0.522. The Morgan fingerprint density at radius 2 is 2.13 bits per heavy atom. The minimum atomic E-state index is 0.613. The molecule has 0 aromatic carbocycles. The van der Waals surface area contributed by atoms with Crippen molar-refractivity contribution in [3.8, 4) is 0 Å². The van der Waals surface area contributed by atoms with Crippen LogP contribution < -0.4 is 0 Å². The summed E-state index contributed by atoms with van der Waals surface area (Å²) in [4.78, 5) is 0. The third-order valence-corrected chi connectivity index (χ3v) is 5.06. The van der Waals surface area contributed by atoms with Gasteiger partial charge in [0.05, 0.1) is 0 Å². The van der Waals surface area contributed by atoms with Crippen LogP contribution in [0.15, 0.2) is 23.8 Å². The second kappa shape index (κ2) is 2.81. The maximum Gasteiger partial charge on any atom is 0.135 e. The van der Waals surface area contributed by atoms with E-state index >= 15 is 0 Å². The molecule has 3 fully saturated rings. The lowest BCUT2D eigenvalue weighted by Crippen LogP contribution is -2.45. The minimum absolute atomic E-state index is 0.613. The van der Waals surface area contributed by atoms with Gasteiger partial charge in [-0.25, -0.2) is 0 Å². The summed E-state index contributed by atoms with van der Waals surface area (Å²) in [5, 5.41) is 1.30. The summed E-state index contributed by atoms with van der Waals surface area (Å²) >= 11 is 0. The van der Waals surface area contributed by atoms with E-state index in [0.717, 1.165) is 11.8 Å². The van der Waals surface area contributed by atoms with Gasteiger partial charge in [0.25, 0.3) is 0 Å². The van der Waals surface area contributed by atoms with Gasteiger partial charge in [-0.1, -0.05) is 55.8 Å². The summed E-state index contributed by atoms with van der Waals surface area (Å²) in [5.74, 6) is 1.67. The molecule has 80 valence electrons. The van der Waals surface area contributed by atoms with Crippen LogP contribution in [-0.2, 0) is 0 Å². The molecule has 15 heavy (non-hydrogen) atoms. The lowest BCUT2D eigenvalue weighted by molar-refractivity contribution is 0.301. The summed E-state index contributed by atoms with van der Waals surface area (Å²) in [6.07, 6.45) is 11.7. The molecule has 0 aromatic rings. The Bertz CT molecular complexity index is 344. The molecule has 0 radical (unpaired) electrons. The smallest absolute Gasteiger partial charge is 0.0806 e. The van der Waals surface area contributed by atoms with Crippen molar-refractivity contribution in [1.82, 2.24) is 0 Å². The molecule has 1 heteroatoms. The van der Waals surface area contributed by atoms with Gasteiger partial charge < -0.3 is 0 Å². The van der Waals surface area contributed by atoms with Gasteiger partial charge in [-0.3, -0.25) is 0 Å². The van der Waals surface area contributed by atoms with E-state index in [9.17, 15) is 0 Å². The molecule has 0 spiro atoms. The van der Waals surface area contributed by atoms with Crippen molar-refractivity contribution in [2.75, 3.05) is 0 Å². The van der Waals surface area contributed by atoms with Crippen LogP contribution in [0.5, 0.6) is 0 Å². The van der Waals surface area contributed by atoms with E-state index in [2.05, 4.69) is 39.0 Å². The topological polar surface area (TPSA) is 0 Å². The van der Waals surface area contributed by atoms with Crippen molar-refractivity contribution in [3.05, 3.63) is 23.8 Å². The Labute approximate surface area is 94.1 Å². The van der Waals surface area contributed by atoms with Gasteiger partial charge in [-0.05, 0) is 30.5 Å². The van der Waals surface area contributed by atoms with Crippen LogP contribution in [-0.4, -0.2) is 7.28 Å². The highest BCUT2D eigenvalue weighted by atomic mass is 14.5. The second-order valence-electron chi connectivity index (χ2n) is 6.82. The predicted octanol–water partition coefficient (Wildman–Crippen LogP) is 3.73. The summed E-state index contributed by atoms with van der Waals surface area (Å²) in [6.45, 7) is 7.26. The first kappa shape index (κ1) is 9.75. The fourth-order valence-corrected chi connectivity index (χ4v) is 4.68. The number of rotatable bonds is 0. The zero-order valence-corrected chi connectivity index (χ0v) is 10.2. The van der Waals surface area contributed by atoms with Crippen LogP contribution >= 0.6 is 0 Å². The molecule has 0 nitrogen and oxygen atoms in total. The second-order valence-corrected chi connectivity index (χ2v) is 6.82. The summed E-state index contributed by atoms with van der Waals surface area (Å²) in [7, 11) is 1.46. The zero-order chi connectivity index (χ0) is 10.7. The summed E-state index contributed by atoms with van der Waals surface area (Å²) < 4.78 is 0. The Hall–Kier alpha value is -0.455. The van der Waals surface area contributed by atoms with E-state index in [1.54, 1.807) is 0 Å². The van der Waals surface area contributed by atoms with E-state index in [1.165, 1.54) is 32.1 Å². The largest absolute Gasteiger partial charge is 0.135 e. The Balaban J connectivity index is 1.96. The number of hydrogen-bond donors (Lipinski definition) is 0. The van der Waals surface area contributed by atoms with Gasteiger partial charge in [-0.2, -0.15) is 0 Å². The highest BCUT2D eigenvalue weighted by molar-refractivity contribution is 6.48. The molecule has 0 aromatic heterocycles. The van der Waals surface area contributed by atoms with Crippen LogP contribution in [0.25, 0.3) is 0 Å². The Morgan fingerprint density at radius 3 is 2.87 bits per heavy atom. The molecular formula is C14H21B. The number of allylic oxidation sites excluding steroid dienone is 4. The third-order valence-electron chi connectivity index (χ3n) is 5.06. The van der Waals surface area contributed by atoms with Gasteiger partial charge in [0.1, 0.15) is 7.28 Å².